The fourth-order valence-electron chi connectivity index (χ4n) is 2.07. The van der Waals surface area contributed by atoms with Crippen LogP contribution in [0.5, 0.6) is 0 Å². The fourth-order valence-corrected chi connectivity index (χ4v) is 2.07. The van der Waals surface area contributed by atoms with Crippen molar-refractivity contribution in [2.24, 2.45) is 0 Å². The Kier molecular flexibility index (Phi) is 6.63. The number of allylic oxidation sites excluding steroid dienone is 1. The molecule has 0 aliphatic heterocycles. The summed E-state index contributed by atoms with van der Waals surface area (Å²) >= 11 is 0. The van der Waals surface area contributed by atoms with Gasteiger partial charge < -0.3 is 5.32 Å². The van der Waals surface area contributed by atoms with Crippen LogP contribution in [0, 0.1) is 0 Å². The summed E-state index contributed by atoms with van der Waals surface area (Å²) in [6.45, 7) is 0.686. The van der Waals surface area contributed by atoms with E-state index in [4.69, 9.17) is 0 Å². The summed E-state index contributed by atoms with van der Waals surface area (Å²) < 4.78 is 35.7. The van der Waals surface area contributed by atoms with Gasteiger partial charge in [-0.2, -0.15) is 13.2 Å². The highest BCUT2D eigenvalue weighted by Gasteiger charge is 2.25. The molecule has 0 saturated carbocycles. The van der Waals surface area contributed by atoms with E-state index in [-0.39, 0.29) is 6.42 Å². The molecule has 0 aromatic rings. The number of hydrogen-bond acceptors (Lipinski definition) is 1. The summed E-state index contributed by atoms with van der Waals surface area (Å²) in [5.41, 5.74) is 0. The van der Waals surface area contributed by atoms with Crippen molar-refractivity contribution >= 4 is 0 Å². The van der Waals surface area contributed by atoms with Crippen LogP contribution in [0.3, 0.4) is 0 Å². The fraction of sp³-hybridized carbons (Fsp3) is 0.846. The highest BCUT2D eigenvalue weighted by Crippen LogP contribution is 2.22. The van der Waals surface area contributed by atoms with Gasteiger partial charge in [0.15, 0.2) is 0 Å². The number of unbranched alkanes of at least 4 members (excludes halogenated alkanes) is 1. The molecule has 17 heavy (non-hydrogen) atoms. The lowest BCUT2D eigenvalue weighted by Gasteiger charge is -2.17. The van der Waals surface area contributed by atoms with Crippen molar-refractivity contribution in [3.63, 3.8) is 0 Å². The van der Waals surface area contributed by atoms with Crippen LogP contribution in [0.25, 0.3) is 0 Å². The summed E-state index contributed by atoms with van der Waals surface area (Å²) in [5, 5.41) is 3.32. The van der Waals surface area contributed by atoms with Crippen molar-refractivity contribution in [2.75, 3.05) is 6.54 Å². The first-order chi connectivity index (χ1) is 8.08. The average Bonchev–Trinajstić information content (AvgIpc) is 2.18. The predicted octanol–water partition coefficient (Wildman–Crippen LogP) is 4.20. The lowest BCUT2D eigenvalue weighted by molar-refractivity contribution is -0.135. The SMILES string of the molecule is FC(F)(F)CCCCNC1/C=C/CCCCC1. The van der Waals surface area contributed by atoms with Crippen molar-refractivity contribution in [3.8, 4) is 0 Å². The minimum Gasteiger partial charge on any atom is -0.311 e. The van der Waals surface area contributed by atoms with Gasteiger partial charge in [-0.05, 0) is 38.6 Å². The third kappa shape index (κ3) is 8.25. The molecule has 0 spiro atoms. The first-order valence-electron chi connectivity index (χ1n) is 6.55. The van der Waals surface area contributed by atoms with Crippen molar-refractivity contribution < 1.29 is 13.2 Å². The highest BCUT2D eigenvalue weighted by molar-refractivity contribution is 4.94. The molecule has 0 amide bonds. The van der Waals surface area contributed by atoms with E-state index in [9.17, 15) is 13.2 Å². The summed E-state index contributed by atoms with van der Waals surface area (Å²) in [5.74, 6) is 0. The van der Waals surface area contributed by atoms with Crippen LogP contribution in [0.2, 0.25) is 0 Å². The van der Waals surface area contributed by atoms with E-state index in [2.05, 4.69) is 17.5 Å². The molecule has 1 aliphatic carbocycles. The lowest BCUT2D eigenvalue weighted by Crippen LogP contribution is -2.28. The van der Waals surface area contributed by atoms with E-state index >= 15 is 0 Å². The highest BCUT2D eigenvalue weighted by atomic mass is 19.4. The molecule has 100 valence electrons. The van der Waals surface area contributed by atoms with Crippen LogP contribution in [-0.2, 0) is 0 Å². The molecule has 4 heteroatoms. The monoisotopic (exact) mass is 249 g/mol. The van der Waals surface area contributed by atoms with Crippen LogP contribution in [0.1, 0.15) is 51.4 Å². The van der Waals surface area contributed by atoms with E-state index in [1.165, 1.54) is 19.3 Å². The second kappa shape index (κ2) is 7.75. The molecule has 0 radical (unpaired) electrons. The molecule has 1 nitrogen and oxygen atoms in total. The van der Waals surface area contributed by atoms with Crippen LogP contribution in [-0.4, -0.2) is 18.8 Å². The summed E-state index contributed by atoms with van der Waals surface area (Å²) in [6.07, 6.45) is 6.50. The third-order valence-electron chi connectivity index (χ3n) is 3.05. The van der Waals surface area contributed by atoms with E-state index in [1.807, 2.05) is 0 Å². The Balaban J connectivity index is 2.06. The van der Waals surface area contributed by atoms with Crippen LogP contribution < -0.4 is 5.32 Å². The van der Waals surface area contributed by atoms with E-state index in [0.29, 0.717) is 19.0 Å². The summed E-state index contributed by atoms with van der Waals surface area (Å²) in [4.78, 5) is 0. The van der Waals surface area contributed by atoms with Gasteiger partial charge in [0, 0.05) is 12.5 Å². The number of halogens is 3. The second-order valence-electron chi connectivity index (χ2n) is 4.70. The third-order valence-corrected chi connectivity index (χ3v) is 3.05. The molecular formula is C13H22F3N. The first kappa shape index (κ1) is 14.6. The van der Waals surface area contributed by atoms with Gasteiger partial charge in [-0.15, -0.1) is 0 Å². The van der Waals surface area contributed by atoms with Gasteiger partial charge in [0.2, 0.25) is 0 Å². The lowest BCUT2D eigenvalue weighted by atomic mass is 10.0. The number of alkyl halides is 3. The smallest absolute Gasteiger partial charge is 0.311 e. The normalized spacial score (nSPS) is 24.1. The standard InChI is InChI=1S/C13H22F3N/c14-13(15,16)10-6-7-11-17-12-8-4-2-1-3-5-9-12/h4,8,12,17H,1-3,5-7,9-11H2/b8-4+. The molecule has 0 aromatic carbocycles. The zero-order valence-corrected chi connectivity index (χ0v) is 10.2. The van der Waals surface area contributed by atoms with Crippen LogP contribution in [0.4, 0.5) is 13.2 Å². The molecule has 1 N–H and O–H groups in total. The molecule has 1 aliphatic rings. The Morgan fingerprint density at radius 3 is 2.71 bits per heavy atom. The number of nitrogens with one attached hydrogen (secondary N) is 1. The minimum absolute atomic E-state index is 0.229. The maximum Gasteiger partial charge on any atom is 0.389 e. The Bertz CT molecular complexity index is 223. The topological polar surface area (TPSA) is 12.0 Å². The molecular weight excluding hydrogens is 227 g/mol. The van der Waals surface area contributed by atoms with Gasteiger partial charge in [0.1, 0.15) is 0 Å². The Hall–Kier alpha value is -0.510. The first-order valence-corrected chi connectivity index (χ1v) is 6.55. The Labute approximate surface area is 101 Å². The molecule has 0 saturated heterocycles. The zero-order valence-electron chi connectivity index (χ0n) is 10.2. The van der Waals surface area contributed by atoms with Gasteiger partial charge in [-0.25, -0.2) is 0 Å². The molecule has 0 aromatic heterocycles. The van der Waals surface area contributed by atoms with Crippen molar-refractivity contribution in [1.29, 1.82) is 0 Å². The van der Waals surface area contributed by atoms with E-state index in [1.54, 1.807) is 0 Å². The molecule has 0 heterocycles. The molecule has 1 atom stereocenters. The maximum absolute atomic E-state index is 11.9. The molecule has 0 bridgehead atoms. The van der Waals surface area contributed by atoms with Gasteiger partial charge >= 0.3 is 6.18 Å². The molecule has 0 fully saturated rings. The Morgan fingerprint density at radius 2 is 1.94 bits per heavy atom. The number of rotatable bonds is 5. The van der Waals surface area contributed by atoms with E-state index < -0.39 is 12.6 Å². The average molecular weight is 249 g/mol. The largest absolute Gasteiger partial charge is 0.389 e. The zero-order chi connectivity index (χ0) is 12.6. The summed E-state index contributed by atoms with van der Waals surface area (Å²) in [6, 6.07) is 0.362. The van der Waals surface area contributed by atoms with Gasteiger partial charge in [-0.1, -0.05) is 25.0 Å². The van der Waals surface area contributed by atoms with Crippen molar-refractivity contribution in [3.05, 3.63) is 12.2 Å². The van der Waals surface area contributed by atoms with Crippen molar-refractivity contribution in [2.45, 2.75) is 63.6 Å². The quantitative estimate of drug-likeness (QED) is 0.569. The van der Waals surface area contributed by atoms with Crippen LogP contribution in [0.15, 0.2) is 12.2 Å². The summed E-state index contributed by atoms with van der Waals surface area (Å²) in [7, 11) is 0. The minimum atomic E-state index is -4.00. The van der Waals surface area contributed by atoms with Gasteiger partial charge in [0.25, 0.3) is 0 Å². The molecule has 1 rings (SSSR count). The van der Waals surface area contributed by atoms with E-state index in [0.717, 1.165) is 12.8 Å². The number of hydrogen-bond donors (Lipinski definition) is 1. The van der Waals surface area contributed by atoms with Gasteiger partial charge in [-0.3, -0.25) is 0 Å². The second-order valence-corrected chi connectivity index (χ2v) is 4.70. The predicted molar refractivity (Wildman–Crippen MR) is 63.9 cm³/mol. The maximum atomic E-state index is 11.9. The van der Waals surface area contributed by atoms with Crippen molar-refractivity contribution in [1.82, 2.24) is 5.32 Å². The molecule has 1 unspecified atom stereocenters. The Morgan fingerprint density at radius 1 is 1.12 bits per heavy atom. The van der Waals surface area contributed by atoms with Crippen LogP contribution >= 0.6 is 0 Å². The van der Waals surface area contributed by atoms with Gasteiger partial charge in [0.05, 0.1) is 0 Å².